The molecule has 0 radical (unpaired) electrons. The Morgan fingerprint density at radius 3 is 2.89 bits per heavy atom. The summed E-state index contributed by atoms with van der Waals surface area (Å²) in [5, 5.41) is 10.3. The highest BCUT2D eigenvalue weighted by Crippen LogP contribution is 2.14. The van der Waals surface area contributed by atoms with Crippen molar-refractivity contribution in [1.29, 1.82) is 0 Å². The Labute approximate surface area is 112 Å². The molecule has 0 unspecified atom stereocenters. The highest BCUT2D eigenvalue weighted by Gasteiger charge is 2.05. The highest BCUT2D eigenvalue weighted by atomic mass is 32.1. The van der Waals surface area contributed by atoms with Gasteiger partial charge in [0.1, 0.15) is 5.82 Å². The third-order valence-electron chi connectivity index (χ3n) is 2.50. The molecule has 0 saturated carbocycles. The maximum atomic E-state index is 13.2. The van der Waals surface area contributed by atoms with E-state index in [0.717, 1.165) is 17.4 Å². The van der Waals surface area contributed by atoms with Gasteiger partial charge in [-0.3, -0.25) is 4.79 Å². The van der Waals surface area contributed by atoms with Crippen LogP contribution in [0.2, 0.25) is 0 Å². The van der Waals surface area contributed by atoms with Crippen LogP contribution in [0.5, 0.6) is 0 Å². The second-order valence-electron chi connectivity index (χ2n) is 3.81. The van der Waals surface area contributed by atoms with E-state index in [1.54, 1.807) is 17.6 Å². The molecule has 0 fully saturated rings. The fourth-order valence-electron chi connectivity index (χ4n) is 1.62. The molecule has 0 spiro atoms. The molecule has 0 aliphatic heterocycles. The van der Waals surface area contributed by atoms with E-state index >= 15 is 0 Å². The maximum absolute atomic E-state index is 13.2. The predicted molar refractivity (Wildman–Crippen MR) is 70.8 cm³/mol. The average molecular weight is 279 g/mol. The quantitative estimate of drug-likeness (QED) is 0.873. The highest BCUT2D eigenvalue weighted by molar-refractivity contribution is 7.07. The van der Waals surface area contributed by atoms with Crippen LogP contribution in [-0.4, -0.2) is 15.6 Å². The van der Waals surface area contributed by atoms with E-state index in [4.69, 9.17) is 5.11 Å². The second kappa shape index (κ2) is 5.62. The molecule has 1 aromatic heterocycles. The van der Waals surface area contributed by atoms with Crippen LogP contribution in [0.3, 0.4) is 0 Å². The summed E-state index contributed by atoms with van der Waals surface area (Å²) in [4.78, 5) is 21.9. The number of aromatic nitrogens is 1. The van der Waals surface area contributed by atoms with Gasteiger partial charge in [0.05, 0.1) is 6.54 Å². The normalized spacial score (nSPS) is 11.0. The van der Waals surface area contributed by atoms with Gasteiger partial charge in [-0.15, -0.1) is 0 Å². The molecular formula is C13H10FNO3S. The number of rotatable bonds is 4. The van der Waals surface area contributed by atoms with Gasteiger partial charge in [0.15, 0.2) is 0 Å². The van der Waals surface area contributed by atoms with Gasteiger partial charge >= 0.3 is 10.8 Å². The summed E-state index contributed by atoms with van der Waals surface area (Å²) >= 11 is 1.07. The minimum absolute atomic E-state index is 0.113. The van der Waals surface area contributed by atoms with Gasteiger partial charge in [0.25, 0.3) is 0 Å². The molecule has 19 heavy (non-hydrogen) atoms. The first kappa shape index (κ1) is 13.2. The van der Waals surface area contributed by atoms with Crippen LogP contribution in [0.4, 0.5) is 4.39 Å². The number of thiazole rings is 1. The van der Waals surface area contributed by atoms with Crippen molar-refractivity contribution in [2.75, 3.05) is 0 Å². The van der Waals surface area contributed by atoms with Crippen molar-refractivity contribution in [3.8, 4) is 0 Å². The van der Waals surface area contributed by atoms with Crippen LogP contribution in [0.1, 0.15) is 11.1 Å². The first-order valence-corrected chi connectivity index (χ1v) is 6.27. The Kier molecular flexibility index (Phi) is 3.91. The van der Waals surface area contributed by atoms with Crippen LogP contribution in [0.25, 0.3) is 6.08 Å². The summed E-state index contributed by atoms with van der Waals surface area (Å²) in [6, 6.07) is 4.07. The lowest BCUT2D eigenvalue weighted by atomic mass is 10.1. The molecule has 0 amide bonds. The Balaban J connectivity index is 2.37. The number of carboxylic acid groups (broad SMARTS) is 1. The van der Waals surface area contributed by atoms with Crippen molar-refractivity contribution < 1.29 is 14.3 Å². The van der Waals surface area contributed by atoms with E-state index in [2.05, 4.69) is 0 Å². The van der Waals surface area contributed by atoms with E-state index in [1.165, 1.54) is 22.8 Å². The zero-order valence-electron chi connectivity index (χ0n) is 9.75. The topological polar surface area (TPSA) is 59.3 Å². The molecule has 1 aromatic carbocycles. The molecule has 0 bridgehead atoms. The third kappa shape index (κ3) is 3.38. The Bertz CT molecular complexity index is 687. The number of hydrogen-bond donors (Lipinski definition) is 1. The Morgan fingerprint density at radius 2 is 2.26 bits per heavy atom. The van der Waals surface area contributed by atoms with Crippen LogP contribution in [0, 0.1) is 5.82 Å². The minimum Gasteiger partial charge on any atom is -0.478 e. The van der Waals surface area contributed by atoms with E-state index in [9.17, 15) is 14.0 Å². The van der Waals surface area contributed by atoms with Crippen LogP contribution >= 0.6 is 11.3 Å². The maximum Gasteiger partial charge on any atom is 0.328 e. The molecule has 2 aromatic rings. The number of aliphatic carboxylic acids is 1. The molecule has 4 nitrogen and oxygen atoms in total. The molecule has 2 rings (SSSR count). The van der Waals surface area contributed by atoms with Gasteiger partial charge in [0, 0.05) is 17.7 Å². The first-order chi connectivity index (χ1) is 9.06. The van der Waals surface area contributed by atoms with Crippen LogP contribution in [-0.2, 0) is 11.3 Å². The Morgan fingerprint density at radius 1 is 1.47 bits per heavy atom. The van der Waals surface area contributed by atoms with Gasteiger partial charge in [-0.1, -0.05) is 17.4 Å². The number of carboxylic acids is 1. The summed E-state index contributed by atoms with van der Waals surface area (Å²) in [7, 11) is 0. The number of benzene rings is 1. The molecule has 0 saturated heterocycles. The zero-order chi connectivity index (χ0) is 13.8. The van der Waals surface area contributed by atoms with Gasteiger partial charge in [-0.05, 0) is 29.3 Å². The van der Waals surface area contributed by atoms with Crippen molar-refractivity contribution in [2.24, 2.45) is 0 Å². The molecule has 1 N–H and O–H groups in total. The van der Waals surface area contributed by atoms with Crippen molar-refractivity contribution in [2.45, 2.75) is 6.54 Å². The van der Waals surface area contributed by atoms with Crippen molar-refractivity contribution in [3.05, 3.63) is 62.5 Å². The lowest BCUT2D eigenvalue weighted by Crippen LogP contribution is -2.13. The van der Waals surface area contributed by atoms with Crippen LogP contribution < -0.4 is 4.87 Å². The monoisotopic (exact) mass is 279 g/mol. The molecule has 0 aliphatic carbocycles. The molecule has 0 aliphatic rings. The fourth-order valence-corrected chi connectivity index (χ4v) is 2.20. The number of halogens is 1. The standard InChI is InChI=1S/C13H10FNO3S/c14-11-3-1-10(8-15-5-6-19-13(15)18)9(7-11)2-4-12(16)17/h1-7H,8H2,(H,16,17). The summed E-state index contributed by atoms with van der Waals surface area (Å²) in [5.74, 6) is -1.56. The van der Waals surface area contributed by atoms with Crippen molar-refractivity contribution in [3.63, 3.8) is 0 Å². The lowest BCUT2D eigenvalue weighted by molar-refractivity contribution is -0.131. The van der Waals surface area contributed by atoms with Gasteiger partial charge < -0.3 is 9.67 Å². The second-order valence-corrected chi connectivity index (χ2v) is 4.67. The van der Waals surface area contributed by atoms with E-state index in [0.29, 0.717) is 11.1 Å². The van der Waals surface area contributed by atoms with Crippen LogP contribution in [0.15, 0.2) is 40.6 Å². The number of nitrogens with zero attached hydrogens (tertiary/aromatic N) is 1. The largest absolute Gasteiger partial charge is 0.478 e. The van der Waals surface area contributed by atoms with E-state index in [-0.39, 0.29) is 11.4 Å². The fraction of sp³-hybridized carbons (Fsp3) is 0.0769. The minimum atomic E-state index is -1.11. The number of hydrogen-bond acceptors (Lipinski definition) is 3. The average Bonchev–Trinajstić information content (AvgIpc) is 2.75. The Hall–Kier alpha value is -2.21. The molecule has 0 atom stereocenters. The molecule has 98 valence electrons. The summed E-state index contributed by atoms with van der Waals surface area (Å²) < 4.78 is 14.7. The molecule has 6 heteroatoms. The first-order valence-electron chi connectivity index (χ1n) is 5.39. The van der Waals surface area contributed by atoms with Gasteiger partial charge in [0.2, 0.25) is 0 Å². The molecular weight excluding hydrogens is 269 g/mol. The SMILES string of the molecule is O=C(O)C=Cc1cc(F)ccc1Cn1ccsc1=O. The summed E-state index contributed by atoms with van der Waals surface area (Å²) in [5.41, 5.74) is 1.12. The lowest BCUT2D eigenvalue weighted by Gasteiger charge is -2.06. The van der Waals surface area contributed by atoms with E-state index in [1.807, 2.05) is 0 Å². The smallest absolute Gasteiger partial charge is 0.328 e. The summed E-state index contributed by atoms with van der Waals surface area (Å²) in [6.07, 6.45) is 3.90. The summed E-state index contributed by atoms with van der Waals surface area (Å²) in [6.45, 7) is 0.280. The van der Waals surface area contributed by atoms with E-state index < -0.39 is 11.8 Å². The number of carbonyl (C=O) groups is 1. The van der Waals surface area contributed by atoms with Gasteiger partial charge in [-0.25, -0.2) is 9.18 Å². The third-order valence-corrected chi connectivity index (χ3v) is 3.19. The zero-order valence-corrected chi connectivity index (χ0v) is 10.6. The van der Waals surface area contributed by atoms with Gasteiger partial charge in [-0.2, -0.15) is 0 Å². The van der Waals surface area contributed by atoms with Crippen molar-refractivity contribution in [1.82, 2.24) is 4.57 Å². The molecule has 1 heterocycles. The predicted octanol–water partition coefficient (Wildman–Crippen LogP) is 2.20. The van der Waals surface area contributed by atoms with Crippen molar-refractivity contribution >= 4 is 23.4 Å².